The van der Waals surface area contributed by atoms with Crippen molar-refractivity contribution in [2.24, 2.45) is 5.92 Å². The maximum atomic E-state index is 5.32. The molecule has 0 saturated carbocycles. The summed E-state index contributed by atoms with van der Waals surface area (Å²) in [6, 6.07) is 11.0. The predicted molar refractivity (Wildman–Crippen MR) is 89.5 cm³/mol. The molecule has 2 atom stereocenters. The third-order valence-electron chi connectivity index (χ3n) is 4.99. The Morgan fingerprint density at radius 3 is 2.83 bits per heavy atom. The standard InChI is InChI=1S/C18H22N4O/c1-23-16-5-2-4-14(10-16)11-22-13-15-12-21(9-6-17(15)22)18-19-7-3-8-20-18/h2-5,7-8,10,15,17H,6,9,11-13H2,1H3/t15-,17+/m1/s1. The van der Waals surface area contributed by atoms with Crippen LogP contribution in [0.1, 0.15) is 12.0 Å². The van der Waals surface area contributed by atoms with Gasteiger partial charge in [0.05, 0.1) is 7.11 Å². The van der Waals surface area contributed by atoms with E-state index >= 15 is 0 Å². The van der Waals surface area contributed by atoms with E-state index in [1.54, 1.807) is 7.11 Å². The predicted octanol–water partition coefficient (Wildman–Crippen LogP) is 2.20. The van der Waals surface area contributed by atoms with E-state index in [2.05, 4.69) is 38.0 Å². The first-order chi connectivity index (χ1) is 11.3. The second kappa shape index (κ2) is 6.16. The molecule has 0 amide bonds. The van der Waals surface area contributed by atoms with Gasteiger partial charge in [0.1, 0.15) is 5.75 Å². The Hall–Kier alpha value is -2.14. The molecule has 0 aliphatic carbocycles. The molecule has 0 radical (unpaired) electrons. The Morgan fingerprint density at radius 1 is 1.17 bits per heavy atom. The molecule has 0 unspecified atom stereocenters. The summed E-state index contributed by atoms with van der Waals surface area (Å²) in [6.45, 7) is 4.29. The molecule has 1 aromatic carbocycles. The van der Waals surface area contributed by atoms with Crippen molar-refractivity contribution in [3.05, 3.63) is 48.3 Å². The number of methoxy groups -OCH3 is 1. The number of nitrogens with zero attached hydrogens (tertiary/aromatic N) is 4. The van der Waals surface area contributed by atoms with Gasteiger partial charge in [0, 0.05) is 50.5 Å². The van der Waals surface area contributed by atoms with E-state index in [0.29, 0.717) is 6.04 Å². The highest BCUT2D eigenvalue weighted by molar-refractivity contribution is 5.32. The van der Waals surface area contributed by atoms with E-state index in [-0.39, 0.29) is 0 Å². The fourth-order valence-electron chi connectivity index (χ4n) is 3.80. The lowest BCUT2D eigenvalue weighted by atomic mass is 9.82. The second-order valence-electron chi connectivity index (χ2n) is 6.39. The summed E-state index contributed by atoms with van der Waals surface area (Å²) in [5.41, 5.74) is 1.33. The first-order valence-corrected chi connectivity index (χ1v) is 8.22. The first-order valence-electron chi connectivity index (χ1n) is 8.22. The van der Waals surface area contributed by atoms with Crippen molar-refractivity contribution >= 4 is 5.95 Å². The zero-order chi connectivity index (χ0) is 15.6. The number of piperidine rings is 1. The number of ether oxygens (including phenoxy) is 1. The number of rotatable bonds is 4. The van der Waals surface area contributed by atoms with Crippen LogP contribution in [0.2, 0.25) is 0 Å². The molecule has 0 spiro atoms. The van der Waals surface area contributed by atoms with Crippen LogP contribution in [-0.2, 0) is 6.54 Å². The number of likely N-dealkylation sites (tertiary alicyclic amines) is 1. The summed E-state index contributed by atoms with van der Waals surface area (Å²) < 4.78 is 5.32. The molecule has 2 aliphatic rings. The minimum Gasteiger partial charge on any atom is -0.497 e. The third kappa shape index (κ3) is 2.88. The van der Waals surface area contributed by atoms with Gasteiger partial charge in [-0.1, -0.05) is 12.1 Å². The van der Waals surface area contributed by atoms with E-state index in [1.807, 2.05) is 24.5 Å². The van der Waals surface area contributed by atoms with Crippen LogP contribution in [0.15, 0.2) is 42.7 Å². The molecule has 1 aromatic heterocycles. The van der Waals surface area contributed by atoms with Gasteiger partial charge in [0.2, 0.25) is 5.95 Å². The Bertz CT molecular complexity index is 663. The Labute approximate surface area is 136 Å². The topological polar surface area (TPSA) is 41.5 Å². The van der Waals surface area contributed by atoms with Gasteiger partial charge in [-0.05, 0) is 30.2 Å². The number of aromatic nitrogens is 2. The number of hydrogen-bond acceptors (Lipinski definition) is 5. The summed E-state index contributed by atoms with van der Waals surface area (Å²) in [5, 5.41) is 0. The number of fused-ring (bicyclic) bond motifs is 1. The smallest absolute Gasteiger partial charge is 0.225 e. The van der Waals surface area contributed by atoms with Crippen molar-refractivity contribution in [3.8, 4) is 5.75 Å². The zero-order valence-corrected chi connectivity index (χ0v) is 13.4. The van der Waals surface area contributed by atoms with Crippen molar-refractivity contribution in [1.82, 2.24) is 14.9 Å². The quantitative estimate of drug-likeness (QED) is 0.866. The van der Waals surface area contributed by atoms with Crippen LogP contribution < -0.4 is 9.64 Å². The number of anilines is 1. The Morgan fingerprint density at radius 2 is 2.04 bits per heavy atom. The molecule has 0 bridgehead atoms. The van der Waals surface area contributed by atoms with Gasteiger partial charge in [0.15, 0.2) is 0 Å². The lowest BCUT2D eigenvalue weighted by Crippen LogP contribution is -2.63. The highest BCUT2D eigenvalue weighted by atomic mass is 16.5. The highest BCUT2D eigenvalue weighted by Crippen LogP contribution is 2.34. The van der Waals surface area contributed by atoms with Crippen LogP contribution in [0.5, 0.6) is 5.75 Å². The fourth-order valence-corrected chi connectivity index (χ4v) is 3.80. The number of hydrogen-bond donors (Lipinski definition) is 0. The van der Waals surface area contributed by atoms with Crippen molar-refractivity contribution in [1.29, 1.82) is 0 Å². The Kier molecular flexibility index (Phi) is 3.87. The molecule has 2 fully saturated rings. The maximum Gasteiger partial charge on any atom is 0.225 e. The fraction of sp³-hybridized carbons (Fsp3) is 0.444. The van der Waals surface area contributed by atoms with Crippen molar-refractivity contribution < 1.29 is 4.74 Å². The summed E-state index contributed by atoms with van der Waals surface area (Å²) in [7, 11) is 1.72. The lowest BCUT2D eigenvalue weighted by Gasteiger charge is -2.53. The minimum absolute atomic E-state index is 0.696. The third-order valence-corrected chi connectivity index (χ3v) is 4.99. The summed E-state index contributed by atoms with van der Waals surface area (Å²) in [4.78, 5) is 13.7. The van der Waals surface area contributed by atoms with E-state index in [4.69, 9.17) is 4.74 Å². The van der Waals surface area contributed by atoms with Gasteiger partial charge in [-0.25, -0.2) is 9.97 Å². The van der Waals surface area contributed by atoms with Gasteiger partial charge in [0.25, 0.3) is 0 Å². The molecular formula is C18H22N4O. The van der Waals surface area contributed by atoms with E-state index in [0.717, 1.165) is 43.8 Å². The van der Waals surface area contributed by atoms with Gasteiger partial charge in [-0.3, -0.25) is 4.90 Å². The lowest BCUT2D eigenvalue weighted by molar-refractivity contribution is -0.00519. The van der Waals surface area contributed by atoms with Crippen LogP contribution in [0.3, 0.4) is 0 Å². The monoisotopic (exact) mass is 310 g/mol. The molecule has 4 rings (SSSR count). The largest absolute Gasteiger partial charge is 0.497 e. The van der Waals surface area contributed by atoms with Gasteiger partial charge in [-0.15, -0.1) is 0 Å². The molecule has 2 aliphatic heterocycles. The van der Waals surface area contributed by atoms with Crippen LogP contribution in [0.4, 0.5) is 5.95 Å². The molecule has 3 heterocycles. The van der Waals surface area contributed by atoms with Crippen LogP contribution in [0.25, 0.3) is 0 Å². The number of benzene rings is 1. The molecule has 0 N–H and O–H groups in total. The normalized spacial score (nSPS) is 24.0. The molecular weight excluding hydrogens is 288 g/mol. The van der Waals surface area contributed by atoms with Crippen molar-refractivity contribution in [2.75, 3.05) is 31.6 Å². The Balaban J connectivity index is 1.36. The summed E-state index contributed by atoms with van der Waals surface area (Å²) in [6.07, 6.45) is 4.83. The van der Waals surface area contributed by atoms with Crippen LogP contribution in [-0.4, -0.2) is 47.7 Å². The molecule has 2 aromatic rings. The van der Waals surface area contributed by atoms with E-state index in [9.17, 15) is 0 Å². The van der Waals surface area contributed by atoms with E-state index < -0.39 is 0 Å². The molecule has 2 saturated heterocycles. The maximum absolute atomic E-state index is 5.32. The van der Waals surface area contributed by atoms with Gasteiger partial charge < -0.3 is 9.64 Å². The minimum atomic E-state index is 0.696. The van der Waals surface area contributed by atoms with Gasteiger partial charge in [-0.2, -0.15) is 0 Å². The average molecular weight is 310 g/mol. The van der Waals surface area contributed by atoms with Gasteiger partial charge >= 0.3 is 0 Å². The van der Waals surface area contributed by atoms with Crippen LogP contribution >= 0.6 is 0 Å². The highest BCUT2D eigenvalue weighted by Gasteiger charge is 2.42. The SMILES string of the molecule is COc1cccc(CN2C[C@H]3CN(c4ncccn4)CC[C@@H]32)c1. The zero-order valence-electron chi connectivity index (χ0n) is 13.4. The van der Waals surface area contributed by atoms with Crippen LogP contribution in [0, 0.1) is 5.92 Å². The average Bonchev–Trinajstić information content (AvgIpc) is 2.60. The van der Waals surface area contributed by atoms with E-state index in [1.165, 1.54) is 12.0 Å². The second-order valence-corrected chi connectivity index (χ2v) is 6.39. The first kappa shape index (κ1) is 14.5. The summed E-state index contributed by atoms with van der Waals surface area (Å²) in [5.74, 6) is 2.55. The molecule has 5 heteroatoms. The summed E-state index contributed by atoms with van der Waals surface area (Å²) >= 11 is 0. The van der Waals surface area contributed by atoms with Crippen molar-refractivity contribution in [2.45, 2.75) is 19.0 Å². The molecule has 120 valence electrons. The molecule has 5 nitrogen and oxygen atoms in total. The molecule has 23 heavy (non-hydrogen) atoms. The van der Waals surface area contributed by atoms with Crippen molar-refractivity contribution in [3.63, 3.8) is 0 Å².